The number of hydrogen-bond donors (Lipinski definition) is 1. The predicted molar refractivity (Wildman–Crippen MR) is 183 cm³/mol. The number of ether oxygens (including phenoxy) is 3. The number of nitrogens with zero attached hydrogens (tertiary/aromatic N) is 3. The van der Waals surface area contributed by atoms with Crippen LogP contribution in [0.3, 0.4) is 0 Å². The number of nitrogens with one attached hydrogen (secondary N) is 1. The van der Waals surface area contributed by atoms with Gasteiger partial charge in [-0.2, -0.15) is 5.26 Å². The van der Waals surface area contributed by atoms with Crippen molar-refractivity contribution in [3.63, 3.8) is 0 Å². The molecule has 0 radical (unpaired) electrons. The molecular formula is C37H49ClN4O5. The third kappa shape index (κ3) is 7.81. The van der Waals surface area contributed by atoms with Crippen molar-refractivity contribution in [1.29, 1.82) is 5.26 Å². The van der Waals surface area contributed by atoms with Crippen LogP contribution in [0.25, 0.3) is 0 Å². The molecule has 1 saturated carbocycles. The summed E-state index contributed by atoms with van der Waals surface area (Å²) >= 11 is 6.23. The van der Waals surface area contributed by atoms with Crippen molar-refractivity contribution in [2.75, 3.05) is 37.7 Å². The summed E-state index contributed by atoms with van der Waals surface area (Å²) in [4.78, 5) is 29.8. The standard InChI is InChI=1S/C37H49ClN4O5/c1-35(2,3)47-34(44)41-17-14-24(15-18-41)23-45-29-16-19-42(22-29)27-11-8-25(9-12-27)31(43)40-32-36(4,5)33(37(32,6)7)46-28-13-10-26(21-39)30(38)20-28/h8-13,20,24,29,32-33H,14-19,22-23H2,1-7H3,(H,40,43)/t29-,32-,33-/m0/s1. The summed E-state index contributed by atoms with van der Waals surface area (Å²) < 4.78 is 18.2. The molecule has 2 aromatic rings. The molecule has 2 aromatic carbocycles. The van der Waals surface area contributed by atoms with Gasteiger partial charge in [-0.25, -0.2) is 4.79 Å². The van der Waals surface area contributed by atoms with E-state index in [0.717, 1.165) is 38.0 Å². The average molecular weight is 665 g/mol. The number of piperidine rings is 1. The zero-order valence-electron chi connectivity index (χ0n) is 28.8. The number of carbonyl (C=O) groups is 2. The van der Waals surface area contributed by atoms with Gasteiger partial charge >= 0.3 is 6.09 Å². The summed E-state index contributed by atoms with van der Waals surface area (Å²) in [5.41, 5.74) is 0.961. The number of likely N-dealkylation sites (tertiary alicyclic amines) is 1. The van der Waals surface area contributed by atoms with Gasteiger partial charge in [0.25, 0.3) is 5.91 Å². The Bertz CT molecular complexity index is 1470. The molecule has 254 valence electrons. The number of benzene rings is 2. The van der Waals surface area contributed by atoms with Crippen LogP contribution in [0, 0.1) is 28.1 Å². The van der Waals surface area contributed by atoms with Gasteiger partial charge in [-0.1, -0.05) is 39.3 Å². The fourth-order valence-electron chi connectivity index (χ4n) is 7.61. The molecule has 2 saturated heterocycles. The van der Waals surface area contributed by atoms with E-state index in [-0.39, 0.29) is 41.1 Å². The number of hydrogen-bond acceptors (Lipinski definition) is 7. The first-order valence-electron chi connectivity index (χ1n) is 16.7. The Kier molecular flexibility index (Phi) is 10.1. The van der Waals surface area contributed by atoms with Crippen LogP contribution < -0.4 is 15.0 Å². The Morgan fingerprint density at radius 3 is 2.26 bits per heavy atom. The molecule has 0 spiro atoms. The molecule has 3 fully saturated rings. The van der Waals surface area contributed by atoms with Gasteiger partial charge in [-0.15, -0.1) is 0 Å². The largest absolute Gasteiger partial charge is 0.489 e. The Labute approximate surface area is 284 Å². The molecule has 5 rings (SSSR count). The van der Waals surface area contributed by atoms with Crippen LogP contribution >= 0.6 is 11.6 Å². The Morgan fingerprint density at radius 1 is 1.00 bits per heavy atom. The van der Waals surface area contributed by atoms with Gasteiger partial charge in [0.2, 0.25) is 0 Å². The van der Waals surface area contributed by atoms with Crippen molar-refractivity contribution < 1.29 is 23.8 Å². The highest BCUT2D eigenvalue weighted by Crippen LogP contribution is 2.55. The first-order chi connectivity index (χ1) is 22.1. The fourth-order valence-corrected chi connectivity index (χ4v) is 7.83. The molecule has 1 atom stereocenters. The van der Waals surface area contributed by atoms with Crippen LogP contribution in [0.5, 0.6) is 5.75 Å². The molecule has 2 amide bonds. The topological polar surface area (TPSA) is 104 Å². The first-order valence-corrected chi connectivity index (χ1v) is 17.1. The maximum Gasteiger partial charge on any atom is 0.410 e. The van der Waals surface area contributed by atoms with E-state index in [1.165, 1.54) is 0 Å². The summed E-state index contributed by atoms with van der Waals surface area (Å²) in [5.74, 6) is 0.945. The second-order valence-electron chi connectivity index (χ2n) is 15.4. The third-order valence-electron chi connectivity index (χ3n) is 9.90. The van der Waals surface area contributed by atoms with Gasteiger partial charge in [0, 0.05) is 67.0 Å². The highest BCUT2D eigenvalue weighted by atomic mass is 35.5. The molecule has 9 nitrogen and oxygen atoms in total. The maximum atomic E-state index is 13.4. The minimum absolute atomic E-state index is 0.108. The van der Waals surface area contributed by atoms with Crippen LogP contribution in [0.4, 0.5) is 10.5 Å². The fraction of sp³-hybridized carbons (Fsp3) is 0.595. The van der Waals surface area contributed by atoms with E-state index in [2.05, 4.69) is 44.0 Å². The molecule has 0 aromatic heterocycles. The Morgan fingerprint density at radius 2 is 1.66 bits per heavy atom. The highest BCUT2D eigenvalue weighted by Gasteiger charge is 2.64. The van der Waals surface area contributed by atoms with E-state index in [1.54, 1.807) is 23.1 Å². The van der Waals surface area contributed by atoms with Crippen LogP contribution in [0.2, 0.25) is 5.02 Å². The van der Waals surface area contributed by atoms with Crippen LogP contribution in [0.15, 0.2) is 42.5 Å². The molecule has 47 heavy (non-hydrogen) atoms. The van der Waals surface area contributed by atoms with Gasteiger partial charge < -0.3 is 29.3 Å². The number of halogens is 1. The number of amides is 2. The summed E-state index contributed by atoms with van der Waals surface area (Å²) in [7, 11) is 0. The molecule has 0 unspecified atom stereocenters. The van der Waals surface area contributed by atoms with Gasteiger partial charge in [0.15, 0.2) is 0 Å². The summed E-state index contributed by atoms with van der Waals surface area (Å²) in [6, 6.07) is 14.9. The summed E-state index contributed by atoms with van der Waals surface area (Å²) in [5, 5.41) is 12.8. The molecule has 3 aliphatic rings. The Hall–Kier alpha value is -3.48. The number of anilines is 1. The van der Waals surface area contributed by atoms with Gasteiger partial charge in [0.05, 0.1) is 16.7 Å². The minimum atomic E-state index is -0.478. The average Bonchev–Trinajstić information content (AvgIpc) is 3.50. The number of carbonyl (C=O) groups excluding carboxylic acids is 2. The molecule has 0 bridgehead atoms. The quantitative estimate of drug-likeness (QED) is 0.322. The Balaban J connectivity index is 1.08. The zero-order valence-corrected chi connectivity index (χ0v) is 29.5. The van der Waals surface area contributed by atoms with Gasteiger partial charge in [-0.3, -0.25) is 4.79 Å². The lowest BCUT2D eigenvalue weighted by Gasteiger charge is -2.63. The third-order valence-corrected chi connectivity index (χ3v) is 10.2. The number of nitriles is 1. The zero-order chi connectivity index (χ0) is 34.1. The molecular weight excluding hydrogens is 616 g/mol. The summed E-state index contributed by atoms with van der Waals surface area (Å²) in [6.45, 7) is 17.9. The number of rotatable bonds is 8. The molecule has 10 heteroatoms. The van der Waals surface area contributed by atoms with Crippen molar-refractivity contribution in [3.05, 3.63) is 58.6 Å². The normalized spacial score (nSPS) is 23.9. The predicted octanol–water partition coefficient (Wildman–Crippen LogP) is 7.07. The second kappa shape index (κ2) is 13.6. The van der Waals surface area contributed by atoms with E-state index in [9.17, 15) is 14.9 Å². The highest BCUT2D eigenvalue weighted by molar-refractivity contribution is 6.31. The smallest absolute Gasteiger partial charge is 0.410 e. The van der Waals surface area contributed by atoms with E-state index >= 15 is 0 Å². The molecule has 2 aliphatic heterocycles. The SMILES string of the molecule is CC(C)(C)OC(=O)N1CCC(CO[C@H]2CCN(c3ccc(C(=O)N[C@H]4C(C)(C)[C@H](Oc5ccc(C#N)c(Cl)c5)C4(C)C)cc3)C2)CC1. The molecule has 1 aliphatic carbocycles. The van der Waals surface area contributed by atoms with Crippen molar-refractivity contribution in [1.82, 2.24) is 10.2 Å². The van der Waals surface area contributed by atoms with E-state index in [1.807, 2.05) is 45.0 Å². The monoisotopic (exact) mass is 664 g/mol. The lowest BCUT2D eigenvalue weighted by Crippen LogP contribution is -2.74. The molecule has 1 N–H and O–H groups in total. The van der Waals surface area contributed by atoms with Crippen molar-refractivity contribution >= 4 is 29.3 Å². The first kappa shape index (κ1) is 34.8. The van der Waals surface area contributed by atoms with E-state index in [4.69, 9.17) is 25.8 Å². The lowest BCUT2D eigenvalue weighted by atomic mass is 9.49. The minimum Gasteiger partial charge on any atom is -0.489 e. The van der Waals surface area contributed by atoms with Crippen molar-refractivity contribution in [2.24, 2.45) is 16.7 Å². The molecule has 2 heterocycles. The lowest BCUT2D eigenvalue weighted by molar-refractivity contribution is -0.164. The van der Waals surface area contributed by atoms with Crippen LogP contribution in [0.1, 0.15) is 83.7 Å². The second-order valence-corrected chi connectivity index (χ2v) is 15.9. The van der Waals surface area contributed by atoms with Gasteiger partial charge in [0.1, 0.15) is 23.5 Å². The van der Waals surface area contributed by atoms with Gasteiger partial charge in [-0.05, 0) is 82.3 Å². The van der Waals surface area contributed by atoms with Crippen molar-refractivity contribution in [2.45, 2.75) is 91.6 Å². The van der Waals surface area contributed by atoms with Crippen LogP contribution in [-0.4, -0.2) is 73.5 Å². The van der Waals surface area contributed by atoms with Crippen LogP contribution in [-0.2, 0) is 9.47 Å². The maximum absolute atomic E-state index is 13.4. The van der Waals surface area contributed by atoms with Crippen molar-refractivity contribution in [3.8, 4) is 11.8 Å². The summed E-state index contributed by atoms with van der Waals surface area (Å²) in [6.07, 6.45) is 2.58. The van der Waals surface area contributed by atoms with E-state index < -0.39 is 5.60 Å². The van der Waals surface area contributed by atoms with E-state index in [0.29, 0.717) is 47.5 Å².